The number of nitrogens with one attached hydrogen (secondary N) is 1. The van der Waals surface area contributed by atoms with Gasteiger partial charge in [0.2, 0.25) is 0 Å². The van der Waals surface area contributed by atoms with Crippen molar-refractivity contribution in [3.05, 3.63) is 53.7 Å². The summed E-state index contributed by atoms with van der Waals surface area (Å²) in [6.07, 6.45) is 5.17. The van der Waals surface area contributed by atoms with E-state index in [-0.39, 0.29) is 0 Å². The molecule has 0 atom stereocenters. The van der Waals surface area contributed by atoms with E-state index in [0.29, 0.717) is 11.7 Å². The van der Waals surface area contributed by atoms with E-state index in [2.05, 4.69) is 20.4 Å². The second kappa shape index (κ2) is 4.62. The Labute approximate surface area is 108 Å². The van der Waals surface area contributed by atoms with Crippen LogP contribution in [0.15, 0.2) is 42.9 Å². The normalized spacial score (nSPS) is 10.7. The number of pyridine rings is 1. The van der Waals surface area contributed by atoms with Crippen LogP contribution in [0.25, 0.3) is 5.65 Å². The summed E-state index contributed by atoms with van der Waals surface area (Å²) in [7, 11) is 0. The molecule has 0 fully saturated rings. The number of rotatable bonds is 3. The molecule has 0 unspecified atom stereocenters. The molecule has 0 saturated heterocycles. The van der Waals surface area contributed by atoms with Crippen molar-refractivity contribution in [2.24, 2.45) is 0 Å². The topological polar surface area (TPSA) is 55.1 Å². The quantitative estimate of drug-likeness (QED) is 0.734. The second-order valence-corrected chi connectivity index (χ2v) is 4.15. The first kappa shape index (κ1) is 11.0. The van der Waals surface area contributed by atoms with Gasteiger partial charge < -0.3 is 5.32 Å². The monoisotopic (exact) mass is 259 g/mol. The minimum atomic E-state index is 0.471. The fraction of sp³-hybridized carbons (Fsp3) is 0.0833. The van der Waals surface area contributed by atoms with Gasteiger partial charge in [0.15, 0.2) is 5.65 Å². The molecule has 0 aliphatic rings. The average molecular weight is 260 g/mol. The summed E-state index contributed by atoms with van der Waals surface area (Å²) in [6, 6.07) is 7.44. The van der Waals surface area contributed by atoms with Crippen LogP contribution in [-0.4, -0.2) is 19.6 Å². The van der Waals surface area contributed by atoms with Gasteiger partial charge >= 0.3 is 0 Å². The lowest BCUT2D eigenvalue weighted by Crippen LogP contribution is -2.06. The van der Waals surface area contributed by atoms with Crippen molar-refractivity contribution in [2.45, 2.75) is 6.54 Å². The highest BCUT2D eigenvalue weighted by Gasteiger charge is 2.02. The molecule has 3 rings (SSSR count). The number of aromatic nitrogens is 4. The SMILES string of the molecule is Clc1cc(NCc2ccnc3ccnn23)ccn1. The maximum absolute atomic E-state index is 5.83. The summed E-state index contributed by atoms with van der Waals surface area (Å²) >= 11 is 5.83. The Bertz CT molecular complexity index is 679. The summed E-state index contributed by atoms with van der Waals surface area (Å²) < 4.78 is 1.80. The maximum atomic E-state index is 5.83. The smallest absolute Gasteiger partial charge is 0.155 e. The molecule has 0 aliphatic carbocycles. The fourth-order valence-corrected chi connectivity index (χ4v) is 1.90. The minimum Gasteiger partial charge on any atom is -0.379 e. The Balaban J connectivity index is 1.83. The first-order valence-corrected chi connectivity index (χ1v) is 5.84. The predicted octanol–water partition coefficient (Wildman–Crippen LogP) is 2.39. The van der Waals surface area contributed by atoms with Gasteiger partial charge in [-0.15, -0.1) is 0 Å². The number of hydrogen-bond acceptors (Lipinski definition) is 4. The van der Waals surface area contributed by atoms with E-state index in [0.717, 1.165) is 17.0 Å². The van der Waals surface area contributed by atoms with Crippen LogP contribution in [0.5, 0.6) is 0 Å². The van der Waals surface area contributed by atoms with Gasteiger partial charge in [0, 0.05) is 24.1 Å². The third-order valence-corrected chi connectivity index (χ3v) is 2.78. The highest BCUT2D eigenvalue weighted by atomic mass is 35.5. The van der Waals surface area contributed by atoms with Crippen molar-refractivity contribution in [1.29, 1.82) is 0 Å². The molecule has 3 aromatic rings. The lowest BCUT2D eigenvalue weighted by atomic mass is 10.3. The van der Waals surface area contributed by atoms with Crippen molar-refractivity contribution in [2.75, 3.05) is 5.32 Å². The van der Waals surface area contributed by atoms with Crippen LogP contribution in [0, 0.1) is 0 Å². The molecule has 0 amide bonds. The minimum absolute atomic E-state index is 0.471. The van der Waals surface area contributed by atoms with Crippen LogP contribution < -0.4 is 5.32 Å². The zero-order valence-electron chi connectivity index (χ0n) is 9.42. The molecular formula is C12H10ClN5. The molecule has 18 heavy (non-hydrogen) atoms. The van der Waals surface area contributed by atoms with Crippen LogP contribution in [0.1, 0.15) is 5.69 Å². The van der Waals surface area contributed by atoms with E-state index in [1.165, 1.54) is 0 Å². The maximum Gasteiger partial charge on any atom is 0.155 e. The van der Waals surface area contributed by atoms with Crippen molar-refractivity contribution < 1.29 is 0 Å². The third-order valence-electron chi connectivity index (χ3n) is 2.57. The Morgan fingerprint density at radius 2 is 2.00 bits per heavy atom. The predicted molar refractivity (Wildman–Crippen MR) is 69.6 cm³/mol. The van der Waals surface area contributed by atoms with E-state index in [9.17, 15) is 0 Å². The number of hydrogen-bond donors (Lipinski definition) is 1. The number of anilines is 1. The van der Waals surface area contributed by atoms with Gasteiger partial charge in [-0.05, 0) is 18.2 Å². The summed E-state index contributed by atoms with van der Waals surface area (Å²) in [5.41, 5.74) is 2.78. The van der Waals surface area contributed by atoms with E-state index < -0.39 is 0 Å². The standard InChI is InChI=1S/C12H10ClN5/c13-11-7-9(1-4-14-11)16-8-10-2-5-15-12-3-6-17-18(10)12/h1-7H,8H2,(H,14,16). The third kappa shape index (κ3) is 2.12. The second-order valence-electron chi connectivity index (χ2n) is 3.76. The van der Waals surface area contributed by atoms with Crippen LogP contribution in [0.2, 0.25) is 5.15 Å². The Morgan fingerprint density at radius 3 is 2.89 bits per heavy atom. The van der Waals surface area contributed by atoms with Crippen molar-refractivity contribution in [1.82, 2.24) is 19.6 Å². The van der Waals surface area contributed by atoms with Gasteiger partial charge in [0.25, 0.3) is 0 Å². The molecule has 0 aliphatic heterocycles. The van der Waals surface area contributed by atoms with E-state index >= 15 is 0 Å². The number of nitrogens with zero attached hydrogens (tertiary/aromatic N) is 4. The highest BCUT2D eigenvalue weighted by molar-refractivity contribution is 6.29. The van der Waals surface area contributed by atoms with Gasteiger partial charge in [-0.25, -0.2) is 14.5 Å². The molecule has 0 spiro atoms. The van der Waals surface area contributed by atoms with Gasteiger partial charge in [0.1, 0.15) is 5.15 Å². The summed E-state index contributed by atoms with van der Waals surface area (Å²) in [6.45, 7) is 0.640. The summed E-state index contributed by atoms with van der Waals surface area (Å²) in [5, 5.41) is 7.97. The van der Waals surface area contributed by atoms with Gasteiger partial charge in [-0.3, -0.25) is 0 Å². The molecule has 0 aromatic carbocycles. The Kier molecular flexibility index (Phi) is 2.82. The summed E-state index contributed by atoms with van der Waals surface area (Å²) in [5.74, 6) is 0. The van der Waals surface area contributed by atoms with Crippen molar-refractivity contribution in [3.8, 4) is 0 Å². The molecular weight excluding hydrogens is 250 g/mol. The zero-order chi connectivity index (χ0) is 12.4. The van der Waals surface area contributed by atoms with Gasteiger partial charge in [0.05, 0.1) is 18.4 Å². The van der Waals surface area contributed by atoms with Crippen LogP contribution in [0.4, 0.5) is 5.69 Å². The molecule has 6 heteroatoms. The molecule has 5 nitrogen and oxygen atoms in total. The van der Waals surface area contributed by atoms with Gasteiger partial charge in [-0.2, -0.15) is 5.10 Å². The van der Waals surface area contributed by atoms with Crippen LogP contribution in [-0.2, 0) is 6.54 Å². The molecule has 3 aromatic heterocycles. The van der Waals surface area contributed by atoms with Gasteiger partial charge in [-0.1, -0.05) is 11.6 Å². The van der Waals surface area contributed by atoms with Crippen LogP contribution in [0.3, 0.4) is 0 Å². The fourth-order valence-electron chi connectivity index (χ4n) is 1.72. The lowest BCUT2D eigenvalue weighted by Gasteiger charge is -2.07. The molecule has 0 bridgehead atoms. The molecule has 0 radical (unpaired) electrons. The van der Waals surface area contributed by atoms with Crippen molar-refractivity contribution >= 4 is 22.9 Å². The molecule has 3 heterocycles. The number of halogens is 1. The Hall–Kier alpha value is -2.14. The Morgan fingerprint density at radius 1 is 1.11 bits per heavy atom. The molecule has 1 N–H and O–H groups in total. The lowest BCUT2D eigenvalue weighted by molar-refractivity contribution is 0.854. The molecule has 90 valence electrons. The first-order chi connectivity index (χ1) is 8.83. The number of fused-ring (bicyclic) bond motifs is 1. The van der Waals surface area contributed by atoms with Crippen molar-refractivity contribution in [3.63, 3.8) is 0 Å². The first-order valence-electron chi connectivity index (χ1n) is 5.46. The van der Waals surface area contributed by atoms with Crippen LogP contribution >= 0.6 is 11.6 Å². The average Bonchev–Trinajstić information content (AvgIpc) is 2.85. The zero-order valence-corrected chi connectivity index (χ0v) is 10.2. The molecule has 0 saturated carbocycles. The van der Waals surface area contributed by atoms with E-state index in [1.54, 1.807) is 29.2 Å². The van der Waals surface area contributed by atoms with E-state index in [1.807, 2.05) is 18.2 Å². The summed E-state index contributed by atoms with van der Waals surface area (Å²) in [4.78, 5) is 8.15. The van der Waals surface area contributed by atoms with E-state index in [4.69, 9.17) is 11.6 Å². The largest absolute Gasteiger partial charge is 0.379 e. The highest BCUT2D eigenvalue weighted by Crippen LogP contribution is 2.13.